The molecule has 0 aromatic heterocycles. The zero-order chi connectivity index (χ0) is 18.2. The standard InChI is InChI=1S/C18H26N4O3/c1-12-5-7-14(8-6-12)21-18(25)22-15-4-2-3-13(11-15)17(24)20-10-9-16(19)23/h2-4,11-12,14H,5-10H2,1H3,(H2,19,23)(H,20,24)(H2,21,22,25). The molecule has 0 heterocycles. The molecule has 0 atom stereocenters. The van der Waals surface area contributed by atoms with Gasteiger partial charge in [-0.3, -0.25) is 9.59 Å². The lowest BCUT2D eigenvalue weighted by molar-refractivity contribution is -0.117. The van der Waals surface area contributed by atoms with Gasteiger partial charge in [0.2, 0.25) is 5.91 Å². The lowest BCUT2D eigenvalue weighted by Gasteiger charge is -2.26. The second kappa shape index (κ2) is 9.05. The summed E-state index contributed by atoms with van der Waals surface area (Å²) in [7, 11) is 0. The summed E-state index contributed by atoms with van der Waals surface area (Å²) in [5.41, 5.74) is 5.99. The second-order valence-electron chi connectivity index (χ2n) is 6.61. The van der Waals surface area contributed by atoms with Gasteiger partial charge in [-0.1, -0.05) is 13.0 Å². The first-order valence-electron chi connectivity index (χ1n) is 8.68. The summed E-state index contributed by atoms with van der Waals surface area (Å²) in [6.07, 6.45) is 4.34. The topological polar surface area (TPSA) is 113 Å². The summed E-state index contributed by atoms with van der Waals surface area (Å²) in [6, 6.07) is 6.61. The van der Waals surface area contributed by atoms with E-state index in [0.717, 1.165) is 31.6 Å². The highest BCUT2D eigenvalue weighted by Gasteiger charge is 2.19. The molecule has 4 amide bonds. The lowest BCUT2D eigenvalue weighted by atomic mass is 9.87. The van der Waals surface area contributed by atoms with Crippen molar-refractivity contribution in [2.45, 2.75) is 45.1 Å². The molecule has 1 aromatic rings. The van der Waals surface area contributed by atoms with E-state index in [0.29, 0.717) is 11.3 Å². The molecule has 1 fully saturated rings. The van der Waals surface area contributed by atoms with Crippen LogP contribution < -0.4 is 21.7 Å². The van der Waals surface area contributed by atoms with Crippen LogP contribution in [0, 0.1) is 5.92 Å². The maximum Gasteiger partial charge on any atom is 0.319 e. The Bertz CT molecular complexity index is 625. The van der Waals surface area contributed by atoms with Gasteiger partial charge in [0.15, 0.2) is 0 Å². The number of benzene rings is 1. The highest BCUT2D eigenvalue weighted by molar-refractivity contribution is 5.97. The molecular formula is C18H26N4O3. The quantitative estimate of drug-likeness (QED) is 0.631. The molecule has 0 radical (unpaired) electrons. The zero-order valence-corrected chi connectivity index (χ0v) is 14.5. The average Bonchev–Trinajstić information content (AvgIpc) is 2.56. The van der Waals surface area contributed by atoms with Gasteiger partial charge in [0.05, 0.1) is 0 Å². The first-order chi connectivity index (χ1) is 11.9. The third-order valence-electron chi connectivity index (χ3n) is 4.39. The number of anilines is 1. The minimum absolute atomic E-state index is 0.0894. The number of nitrogens with two attached hydrogens (primary N) is 1. The molecule has 0 aliphatic heterocycles. The maximum absolute atomic E-state index is 12.1. The lowest BCUT2D eigenvalue weighted by Crippen LogP contribution is -2.40. The predicted octanol–water partition coefficient (Wildman–Crippen LogP) is 1.99. The van der Waals surface area contributed by atoms with Crippen LogP contribution in [-0.2, 0) is 4.79 Å². The number of urea groups is 1. The van der Waals surface area contributed by atoms with Crippen LogP contribution in [0.5, 0.6) is 0 Å². The number of carbonyl (C=O) groups is 3. The van der Waals surface area contributed by atoms with Crippen molar-refractivity contribution in [2.75, 3.05) is 11.9 Å². The van der Waals surface area contributed by atoms with E-state index in [1.165, 1.54) is 0 Å². The molecule has 1 aromatic carbocycles. The first kappa shape index (κ1) is 18.8. The number of amides is 4. The normalized spacial score (nSPS) is 19.7. The fourth-order valence-corrected chi connectivity index (χ4v) is 2.90. The van der Waals surface area contributed by atoms with E-state index < -0.39 is 5.91 Å². The molecule has 2 rings (SSSR count). The van der Waals surface area contributed by atoms with E-state index in [2.05, 4.69) is 22.9 Å². The maximum atomic E-state index is 12.1. The minimum atomic E-state index is -0.468. The van der Waals surface area contributed by atoms with Crippen LogP contribution in [0.25, 0.3) is 0 Å². The Balaban J connectivity index is 1.84. The molecule has 25 heavy (non-hydrogen) atoms. The van der Waals surface area contributed by atoms with Gasteiger partial charge >= 0.3 is 6.03 Å². The third kappa shape index (κ3) is 6.45. The summed E-state index contributed by atoms with van der Waals surface area (Å²) in [6.45, 7) is 2.42. The van der Waals surface area contributed by atoms with Crippen molar-refractivity contribution in [3.05, 3.63) is 29.8 Å². The van der Waals surface area contributed by atoms with Gasteiger partial charge in [-0.15, -0.1) is 0 Å². The van der Waals surface area contributed by atoms with Crippen LogP contribution in [-0.4, -0.2) is 30.4 Å². The summed E-state index contributed by atoms with van der Waals surface area (Å²) in [5.74, 6) is -0.0538. The van der Waals surface area contributed by atoms with Crippen molar-refractivity contribution in [3.8, 4) is 0 Å². The van der Waals surface area contributed by atoms with Gasteiger partial charge < -0.3 is 21.7 Å². The van der Waals surface area contributed by atoms with Crippen LogP contribution in [0.2, 0.25) is 0 Å². The molecule has 0 unspecified atom stereocenters. The van der Waals surface area contributed by atoms with Gasteiger partial charge in [-0.25, -0.2) is 4.79 Å². The van der Waals surface area contributed by atoms with Crippen LogP contribution in [0.1, 0.15) is 49.4 Å². The number of primary amides is 1. The number of nitrogens with one attached hydrogen (secondary N) is 3. The van der Waals surface area contributed by atoms with Gasteiger partial charge in [0, 0.05) is 30.3 Å². The second-order valence-corrected chi connectivity index (χ2v) is 6.61. The van der Waals surface area contributed by atoms with E-state index >= 15 is 0 Å². The van der Waals surface area contributed by atoms with E-state index in [4.69, 9.17) is 5.73 Å². The summed E-state index contributed by atoms with van der Waals surface area (Å²) in [4.78, 5) is 34.8. The molecular weight excluding hydrogens is 320 g/mol. The average molecular weight is 346 g/mol. The van der Waals surface area contributed by atoms with Crippen molar-refractivity contribution in [1.82, 2.24) is 10.6 Å². The highest BCUT2D eigenvalue weighted by atomic mass is 16.2. The Morgan fingerprint density at radius 2 is 1.88 bits per heavy atom. The fraction of sp³-hybridized carbons (Fsp3) is 0.500. The Hall–Kier alpha value is -2.57. The van der Waals surface area contributed by atoms with E-state index in [-0.39, 0.29) is 30.9 Å². The van der Waals surface area contributed by atoms with Crippen LogP contribution >= 0.6 is 0 Å². The summed E-state index contributed by atoms with van der Waals surface area (Å²) < 4.78 is 0. The van der Waals surface area contributed by atoms with Crippen LogP contribution in [0.4, 0.5) is 10.5 Å². The predicted molar refractivity (Wildman–Crippen MR) is 96.2 cm³/mol. The SMILES string of the molecule is CC1CCC(NC(=O)Nc2cccc(C(=O)NCCC(N)=O)c2)CC1. The smallest absolute Gasteiger partial charge is 0.319 e. The first-order valence-corrected chi connectivity index (χ1v) is 8.68. The molecule has 7 heteroatoms. The van der Waals surface area contributed by atoms with E-state index in [9.17, 15) is 14.4 Å². The van der Waals surface area contributed by atoms with Gasteiger partial charge in [0.1, 0.15) is 0 Å². The number of hydrogen-bond donors (Lipinski definition) is 4. The van der Waals surface area contributed by atoms with E-state index in [1.54, 1.807) is 24.3 Å². The van der Waals surface area contributed by atoms with Crippen molar-refractivity contribution < 1.29 is 14.4 Å². The fourth-order valence-electron chi connectivity index (χ4n) is 2.90. The Labute approximate surface area is 147 Å². The Morgan fingerprint density at radius 3 is 2.56 bits per heavy atom. The van der Waals surface area contributed by atoms with Gasteiger partial charge in [-0.05, 0) is 49.8 Å². The molecule has 1 aliphatic carbocycles. The summed E-state index contributed by atoms with van der Waals surface area (Å²) in [5, 5.41) is 8.36. The van der Waals surface area contributed by atoms with Gasteiger partial charge in [0.25, 0.3) is 5.91 Å². The molecule has 1 saturated carbocycles. The van der Waals surface area contributed by atoms with Crippen molar-refractivity contribution in [3.63, 3.8) is 0 Å². The van der Waals surface area contributed by atoms with Crippen molar-refractivity contribution in [2.24, 2.45) is 11.7 Å². The van der Waals surface area contributed by atoms with Crippen LogP contribution in [0.3, 0.4) is 0 Å². The largest absolute Gasteiger partial charge is 0.370 e. The molecule has 136 valence electrons. The highest BCUT2D eigenvalue weighted by Crippen LogP contribution is 2.23. The molecule has 7 nitrogen and oxygen atoms in total. The molecule has 0 bridgehead atoms. The number of carbonyl (C=O) groups excluding carboxylic acids is 3. The molecule has 0 spiro atoms. The van der Waals surface area contributed by atoms with Gasteiger partial charge in [-0.2, -0.15) is 0 Å². The third-order valence-corrected chi connectivity index (χ3v) is 4.39. The minimum Gasteiger partial charge on any atom is -0.370 e. The number of hydrogen-bond acceptors (Lipinski definition) is 3. The molecule has 0 saturated heterocycles. The summed E-state index contributed by atoms with van der Waals surface area (Å²) >= 11 is 0. The molecule has 1 aliphatic rings. The van der Waals surface area contributed by atoms with Crippen LogP contribution in [0.15, 0.2) is 24.3 Å². The van der Waals surface area contributed by atoms with Crippen molar-refractivity contribution in [1.29, 1.82) is 0 Å². The number of rotatable bonds is 6. The Morgan fingerprint density at radius 1 is 1.16 bits per heavy atom. The monoisotopic (exact) mass is 346 g/mol. The molecule has 5 N–H and O–H groups in total. The van der Waals surface area contributed by atoms with Crippen molar-refractivity contribution >= 4 is 23.5 Å². The Kier molecular flexibility index (Phi) is 6.80. The van der Waals surface area contributed by atoms with E-state index in [1.807, 2.05) is 0 Å². The zero-order valence-electron chi connectivity index (χ0n) is 14.5.